The molecule has 4 aromatic rings. The van der Waals surface area contributed by atoms with Gasteiger partial charge in [0.1, 0.15) is 5.76 Å². The zero-order chi connectivity index (χ0) is 22.0. The average molecular weight is 515 g/mol. The minimum absolute atomic E-state index is 0.0852. The molecule has 4 rings (SSSR count). The quantitative estimate of drug-likeness (QED) is 0.280. The first-order chi connectivity index (χ1) is 14.9. The topological polar surface area (TPSA) is 59.3 Å². The van der Waals surface area contributed by atoms with Crippen molar-refractivity contribution in [2.75, 3.05) is 5.32 Å². The van der Waals surface area contributed by atoms with E-state index < -0.39 is 5.91 Å². The molecule has 0 radical (unpaired) electrons. The maximum atomic E-state index is 13.0. The van der Waals surface area contributed by atoms with Gasteiger partial charge in [0.25, 0.3) is 5.91 Å². The molecule has 1 heterocycles. The average Bonchev–Trinajstić information content (AvgIpc) is 3.25. The van der Waals surface area contributed by atoms with Gasteiger partial charge in [0.15, 0.2) is 11.5 Å². The summed E-state index contributed by atoms with van der Waals surface area (Å²) in [5.74, 6) is -0.170. The summed E-state index contributed by atoms with van der Waals surface area (Å²) < 4.78 is 6.42. The molecule has 0 aliphatic carbocycles. The predicted molar refractivity (Wildman–Crippen MR) is 126 cm³/mol. The second kappa shape index (κ2) is 9.10. The first-order valence-corrected chi connectivity index (χ1v) is 10.7. The molecule has 0 atom stereocenters. The van der Waals surface area contributed by atoms with Gasteiger partial charge in [-0.15, -0.1) is 0 Å². The van der Waals surface area contributed by atoms with Crippen LogP contribution in [0.15, 0.2) is 87.8 Å². The van der Waals surface area contributed by atoms with Gasteiger partial charge in [-0.1, -0.05) is 69.5 Å². The molecule has 0 aliphatic rings. The van der Waals surface area contributed by atoms with Crippen molar-refractivity contribution in [2.24, 2.45) is 0 Å². The number of furan rings is 1. The number of rotatable bonds is 5. The van der Waals surface area contributed by atoms with Crippen LogP contribution in [0.5, 0.6) is 0 Å². The smallest absolute Gasteiger partial charge is 0.291 e. The molecule has 4 nitrogen and oxygen atoms in total. The molecular weight excluding hydrogens is 501 g/mol. The van der Waals surface area contributed by atoms with E-state index in [2.05, 4.69) is 21.2 Å². The van der Waals surface area contributed by atoms with E-state index in [1.807, 2.05) is 6.07 Å². The van der Waals surface area contributed by atoms with E-state index >= 15 is 0 Å². The van der Waals surface area contributed by atoms with Gasteiger partial charge in [-0.05, 0) is 48.5 Å². The second-order valence-corrected chi connectivity index (χ2v) is 8.39. The summed E-state index contributed by atoms with van der Waals surface area (Å²) in [7, 11) is 0. The number of anilines is 1. The van der Waals surface area contributed by atoms with Crippen molar-refractivity contribution >= 4 is 56.5 Å². The molecule has 1 N–H and O–H groups in total. The third-order valence-electron chi connectivity index (χ3n) is 4.54. The van der Waals surface area contributed by atoms with Gasteiger partial charge < -0.3 is 9.73 Å². The summed E-state index contributed by atoms with van der Waals surface area (Å²) in [4.78, 5) is 25.8. The Kier molecular flexibility index (Phi) is 6.28. The maximum Gasteiger partial charge on any atom is 0.291 e. The zero-order valence-electron chi connectivity index (χ0n) is 15.9. The van der Waals surface area contributed by atoms with Crippen LogP contribution in [0.25, 0.3) is 11.3 Å². The van der Waals surface area contributed by atoms with E-state index in [1.165, 1.54) is 0 Å². The molecule has 0 aliphatic heterocycles. The minimum atomic E-state index is -0.485. The monoisotopic (exact) mass is 513 g/mol. The van der Waals surface area contributed by atoms with Crippen molar-refractivity contribution in [1.82, 2.24) is 0 Å². The molecule has 154 valence electrons. The van der Waals surface area contributed by atoms with Crippen LogP contribution >= 0.6 is 39.1 Å². The van der Waals surface area contributed by atoms with Crippen molar-refractivity contribution in [1.29, 1.82) is 0 Å². The van der Waals surface area contributed by atoms with E-state index in [0.717, 1.165) is 4.47 Å². The molecule has 7 heteroatoms. The molecule has 1 amide bonds. The highest BCUT2D eigenvalue weighted by molar-refractivity contribution is 9.10. The number of amides is 1. The summed E-state index contributed by atoms with van der Waals surface area (Å²) in [6.45, 7) is 0. The Morgan fingerprint density at radius 3 is 2.39 bits per heavy atom. The molecule has 1 aromatic heterocycles. The normalized spacial score (nSPS) is 10.7. The number of halogens is 3. The number of carbonyl (C=O) groups is 2. The third kappa shape index (κ3) is 4.74. The number of hydrogen-bond acceptors (Lipinski definition) is 3. The van der Waals surface area contributed by atoms with E-state index in [4.69, 9.17) is 27.6 Å². The molecule has 0 unspecified atom stereocenters. The predicted octanol–water partition coefficient (Wildman–Crippen LogP) is 7.50. The van der Waals surface area contributed by atoms with E-state index in [1.54, 1.807) is 72.8 Å². The lowest BCUT2D eigenvalue weighted by Crippen LogP contribution is -2.14. The number of hydrogen-bond donors (Lipinski definition) is 1. The van der Waals surface area contributed by atoms with Crippen molar-refractivity contribution in [3.63, 3.8) is 0 Å². The summed E-state index contributed by atoms with van der Waals surface area (Å²) >= 11 is 15.5. The van der Waals surface area contributed by atoms with Crippen molar-refractivity contribution < 1.29 is 14.0 Å². The van der Waals surface area contributed by atoms with Crippen LogP contribution in [0.3, 0.4) is 0 Å². The Bertz CT molecular complexity index is 1290. The Morgan fingerprint density at radius 1 is 0.871 bits per heavy atom. The molecule has 0 bridgehead atoms. The van der Waals surface area contributed by atoms with E-state index in [9.17, 15) is 9.59 Å². The zero-order valence-corrected chi connectivity index (χ0v) is 19.0. The van der Waals surface area contributed by atoms with Gasteiger partial charge >= 0.3 is 0 Å². The molecular formula is C24H14BrCl2NO3. The fraction of sp³-hybridized carbons (Fsp3) is 0. The first-order valence-electron chi connectivity index (χ1n) is 9.18. The van der Waals surface area contributed by atoms with Crippen LogP contribution in [0.4, 0.5) is 5.69 Å². The number of ketones is 1. The highest BCUT2D eigenvalue weighted by atomic mass is 79.9. The maximum absolute atomic E-state index is 13.0. The van der Waals surface area contributed by atoms with E-state index in [0.29, 0.717) is 38.2 Å². The van der Waals surface area contributed by atoms with Crippen molar-refractivity contribution in [2.45, 2.75) is 0 Å². The van der Waals surface area contributed by atoms with Crippen molar-refractivity contribution in [3.8, 4) is 11.3 Å². The van der Waals surface area contributed by atoms with Gasteiger partial charge in [0.2, 0.25) is 0 Å². The lowest BCUT2D eigenvalue weighted by atomic mass is 10.0. The molecule has 0 spiro atoms. The Morgan fingerprint density at radius 2 is 1.65 bits per heavy atom. The molecule has 31 heavy (non-hydrogen) atoms. The summed E-state index contributed by atoms with van der Waals surface area (Å²) in [6.07, 6.45) is 0. The highest BCUT2D eigenvalue weighted by Gasteiger charge is 2.19. The number of nitrogens with one attached hydrogen (secondary N) is 1. The number of benzene rings is 3. The third-order valence-corrected chi connectivity index (χ3v) is 5.58. The Balaban J connectivity index is 1.61. The van der Waals surface area contributed by atoms with Crippen LogP contribution in [-0.4, -0.2) is 11.7 Å². The van der Waals surface area contributed by atoms with Gasteiger partial charge in [0, 0.05) is 26.2 Å². The molecule has 0 saturated carbocycles. The van der Waals surface area contributed by atoms with Gasteiger partial charge in [0.05, 0.1) is 10.7 Å². The minimum Gasteiger partial charge on any atom is -0.451 e. The SMILES string of the molecule is O=C(Nc1ccc(Br)cc1C(=O)c1ccccc1)c1ccc(-c2ccc(Cl)cc2Cl)o1. The molecule has 0 saturated heterocycles. The lowest BCUT2D eigenvalue weighted by molar-refractivity contribution is 0.0997. The lowest BCUT2D eigenvalue weighted by Gasteiger charge is -2.10. The summed E-state index contributed by atoms with van der Waals surface area (Å²) in [5.41, 5.74) is 1.88. The standard InChI is InChI=1S/C24H14BrCl2NO3/c25-15-6-9-20(18(12-15)23(29)14-4-2-1-3-5-14)28-24(30)22-11-10-21(31-22)17-8-7-16(26)13-19(17)27/h1-13H,(H,28,30). The first kappa shape index (κ1) is 21.4. The van der Waals surface area contributed by atoms with Crippen LogP contribution in [0, 0.1) is 0 Å². The van der Waals surface area contributed by atoms with Gasteiger partial charge in [-0.25, -0.2) is 0 Å². The van der Waals surface area contributed by atoms with Crippen LogP contribution in [-0.2, 0) is 0 Å². The van der Waals surface area contributed by atoms with E-state index in [-0.39, 0.29) is 11.5 Å². The second-order valence-electron chi connectivity index (χ2n) is 6.63. The Hall–Kier alpha value is -2.86. The Labute approximate surface area is 196 Å². The largest absolute Gasteiger partial charge is 0.451 e. The van der Waals surface area contributed by atoms with Crippen molar-refractivity contribution in [3.05, 3.63) is 110 Å². The number of carbonyl (C=O) groups excluding carboxylic acids is 2. The van der Waals surface area contributed by atoms with Crippen LogP contribution in [0.1, 0.15) is 26.5 Å². The highest BCUT2D eigenvalue weighted by Crippen LogP contribution is 2.32. The van der Waals surface area contributed by atoms with Crippen LogP contribution in [0.2, 0.25) is 10.0 Å². The van der Waals surface area contributed by atoms with Gasteiger partial charge in [-0.3, -0.25) is 9.59 Å². The molecule has 0 fully saturated rings. The van der Waals surface area contributed by atoms with Crippen LogP contribution < -0.4 is 5.32 Å². The summed E-state index contributed by atoms with van der Waals surface area (Å²) in [5, 5.41) is 3.68. The van der Waals surface area contributed by atoms with Gasteiger partial charge in [-0.2, -0.15) is 0 Å². The molecule has 3 aromatic carbocycles. The summed E-state index contributed by atoms with van der Waals surface area (Å²) in [6, 6.07) is 22.2. The fourth-order valence-corrected chi connectivity index (χ4v) is 3.90. The fourth-order valence-electron chi connectivity index (χ4n) is 3.04.